The maximum absolute atomic E-state index is 13.5. The standard InChI is InChI=1S/C15H12Cl2FNOS/c1-9(21-14-10(16)5-4-6-11(14)17)15(20)19-13-8-3-2-7-12(13)18/h2-9H,1H3,(H,19,20)/t9-/m1/s1. The van der Waals surface area contributed by atoms with Crippen molar-refractivity contribution in [1.29, 1.82) is 0 Å². The van der Waals surface area contributed by atoms with Crippen LogP contribution in [0.2, 0.25) is 10.0 Å². The van der Waals surface area contributed by atoms with Gasteiger partial charge in [-0.25, -0.2) is 4.39 Å². The lowest BCUT2D eigenvalue weighted by atomic mass is 10.3. The maximum atomic E-state index is 13.5. The summed E-state index contributed by atoms with van der Waals surface area (Å²) in [5, 5.41) is 3.05. The Labute approximate surface area is 136 Å². The Kier molecular flexibility index (Phi) is 5.51. The molecule has 2 aromatic rings. The molecule has 21 heavy (non-hydrogen) atoms. The van der Waals surface area contributed by atoms with Gasteiger partial charge in [0.2, 0.25) is 5.91 Å². The van der Waals surface area contributed by atoms with Gasteiger partial charge in [0.1, 0.15) is 5.82 Å². The van der Waals surface area contributed by atoms with E-state index in [1.165, 1.54) is 23.9 Å². The van der Waals surface area contributed by atoms with Gasteiger partial charge < -0.3 is 5.32 Å². The quantitative estimate of drug-likeness (QED) is 0.768. The zero-order chi connectivity index (χ0) is 15.4. The van der Waals surface area contributed by atoms with E-state index in [-0.39, 0.29) is 11.6 Å². The fraction of sp³-hybridized carbons (Fsp3) is 0.133. The van der Waals surface area contributed by atoms with Gasteiger partial charge in [-0.15, -0.1) is 11.8 Å². The summed E-state index contributed by atoms with van der Waals surface area (Å²) < 4.78 is 13.5. The second kappa shape index (κ2) is 7.16. The van der Waals surface area contributed by atoms with E-state index in [9.17, 15) is 9.18 Å². The summed E-state index contributed by atoms with van der Waals surface area (Å²) in [6, 6.07) is 11.2. The van der Waals surface area contributed by atoms with Crippen molar-refractivity contribution < 1.29 is 9.18 Å². The normalized spacial score (nSPS) is 12.0. The van der Waals surface area contributed by atoms with Gasteiger partial charge in [-0.05, 0) is 31.2 Å². The average Bonchev–Trinajstić information content (AvgIpc) is 2.45. The van der Waals surface area contributed by atoms with Crippen molar-refractivity contribution in [3.63, 3.8) is 0 Å². The number of nitrogens with one attached hydrogen (secondary N) is 1. The molecule has 0 saturated heterocycles. The van der Waals surface area contributed by atoms with Crippen LogP contribution in [0.15, 0.2) is 47.4 Å². The lowest BCUT2D eigenvalue weighted by Gasteiger charge is -2.14. The summed E-state index contributed by atoms with van der Waals surface area (Å²) in [6.45, 7) is 1.71. The summed E-state index contributed by atoms with van der Waals surface area (Å²) in [5.74, 6) is -0.792. The van der Waals surface area contributed by atoms with Gasteiger partial charge in [-0.2, -0.15) is 0 Å². The first-order valence-electron chi connectivity index (χ1n) is 6.15. The number of hydrogen-bond donors (Lipinski definition) is 1. The van der Waals surface area contributed by atoms with E-state index < -0.39 is 11.1 Å². The molecule has 0 aliphatic heterocycles. The summed E-state index contributed by atoms with van der Waals surface area (Å²) in [7, 11) is 0. The first kappa shape index (κ1) is 16.1. The average molecular weight is 344 g/mol. The van der Waals surface area contributed by atoms with Crippen LogP contribution in [0.1, 0.15) is 6.92 Å². The molecule has 0 fully saturated rings. The van der Waals surface area contributed by atoms with Crippen molar-refractivity contribution >= 4 is 46.6 Å². The second-order valence-corrected chi connectivity index (χ2v) is 6.45. The number of hydrogen-bond acceptors (Lipinski definition) is 2. The number of para-hydroxylation sites is 1. The number of thioether (sulfide) groups is 1. The number of rotatable bonds is 4. The fourth-order valence-electron chi connectivity index (χ4n) is 1.62. The smallest absolute Gasteiger partial charge is 0.237 e. The van der Waals surface area contributed by atoms with Crippen molar-refractivity contribution in [2.45, 2.75) is 17.1 Å². The molecule has 110 valence electrons. The molecule has 0 aromatic heterocycles. The van der Waals surface area contributed by atoms with Crippen molar-refractivity contribution in [3.05, 3.63) is 58.3 Å². The Bertz CT molecular complexity index is 646. The van der Waals surface area contributed by atoms with Crippen molar-refractivity contribution in [3.8, 4) is 0 Å². The summed E-state index contributed by atoms with van der Waals surface area (Å²) in [5.41, 5.74) is 0.153. The van der Waals surface area contributed by atoms with Gasteiger partial charge in [0.05, 0.1) is 21.0 Å². The van der Waals surface area contributed by atoms with E-state index in [0.717, 1.165) is 0 Å². The third kappa shape index (κ3) is 4.13. The third-order valence-corrected chi connectivity index (χ3v) is 4.81. The molecule has 0 bridgehead atoms. The molecule has 2 nitrogen and oxygen atoms in total. The molecule has 0 spiro atoms. The highest BCUT2D eigenvalue weighted by Crippen LogP contribution is 2.36. The molecule has 0 aliphatic rings. The van der Waals surface area contributed by atoms with Crippen molar-refractivity contribution in [2.24, 2.45) is 0 Å². The predicted octanol–water partition coefficient (Wildman–Crippen LogP) is 5.25. The Balaban J connectivity index is 2.08. The summed E-state index contributed by atoms with van der Waals surface area (Å²) in [6.07, 6.45) is 0. The molecule has 0 radical (unpaired) electrons. The maximum Gasteiger partial charge on any atom is 0.237 e. The van der Waals surface area contributed by atoms with Crippen LogP contribution in [0.5, 0.6) is 0 Å². The number of carbonyl (C=O) groups excluding carboxylic acids is 1. The highest BCUT2D eigenvalue weighted by Gasteiger charge is 2.18. The number of anilines is 1. The van der Waals surface area contributed by atoms with Gasteiger partial charge >= 0.3 is 0 Å². The zero-order valence-electron chi connectivity index (χ0n) is 11.1. The number of carbonyl (C=O) groups is 1. The van der Waals surface area contributed by atoms with Gasteiger partial charge in [0.25, 0.3) is 0 Å². The summed E-state index contributed by atoms with van der Waals surface area (Å²) in [4.78, 5) is 12.7. The Hall–Kier alpha value is -1.23. The third-order valence-electron chi connectivity index (χ3n) is 2.71. The van der Waals surface area contributed by atoms with E-state index in [4.69, 9.17) is 23.2 Å². The van der Waals surface area contributed by atoms with Crippen LogP contribution in [0.25, 0.3) is 0 Å². The Morgan fingerprint density at radius 1 is 1.14 bits per heavy atom. The van der Waals surface area contributed by atoms with E-state index in [1.54, 1.807) is 37.3 Å². The minimum Gasteiger partial charge on any atom is -0.323 e. The molecule has 2 rings (SSSR count). The predicted molar refractivity (Wildman–Crippen MR) is 86.8 cm³/mol. The largest absolute Gasteiger partial charge is 0.323 e. The van der Waals surface area contributed by atoms with Crippen LogP contribution in [0.3, 0.4) is 0 Å². The van der Waals surface area contributed by atoms with Gasteiger partial charge in [-0.1, -0.05) is 41.4 Å². The molecule has 0 aliphatic carbocycles. The molecule has 1 amide bonds. The minimum atomic E-state index is -0.473. The van der Waals surface area contributed by atoms with E-state index in [2.05, 4.69) is 5.32 Å². The lowest BCUT2D eigenvalue weighted by molar-refractivity contribution is -0.115. The SMILES string of the molecule is C[C@@H](Sc1c(Cl)cccc1Cl)C(=O)Nc1ccccc1F. The molecule has 6 heteroatoms. The molecular formula is C15H12Cl2FNOS. The van der Waals surface area contributed by atoms with Crippen LogP contribution >= 0.6 is 35.0 Å². The Morgan fingerprint density at radius 2 is 1.76 bits per heavy atom. The second-order valence-electron chi connectivity index (χ2n) is 4.28. The molecule has 0 saturated carbocycles. The number of benzene rings is 2. The topological polar surface area (TPSA) is 29.1 Å². The van der Waals surface area contributed by atoms with Crippen LogP contribution in [0, 0.1) is 5.82 Å². The van der Waals surface area contributed by atoms with Gasteiger partial charge in [0.15, 0.2) is 0 Å². The molecule has 1 N–H and O–H groups in total. The van der Waals surface area contributed by atoms with Gasteiger partial charge in [-0.3, -0.25) is 4.79 Å². The zero-order valence-corrected chi connectivity index (χ0v) is 13.4. The molecule has 0 unspecified atom stereocenters. The van der Waals surface area contributed by atoms with Crippen molar-refractivity contribution in [2.75, 3.05) is 5.32 Å². The number of halogens is 3. The lowest BCUT2D eigenvalue weighted by Crippen LogP contribution is -2.23. The highest BCUT2D eigenvalue weighted by molar-refractivity contribution is 8.00. The monoisotopic (exact) mass is 343 g/mol. The van der Waals surface area contributed by atoms with E-state index in [1.807, 2.05) is 0 Å². The summed E-state index contributed by atoms with van der Waals surface area (Å²) >= 11 is 13.4. The van der Waals surface area contributed by atoms with Crippen LogP contribution < -0.4 is 5.32 Å². The molecular weight excluding hydrogens is 332 g/mol. The molecule has 2 aromatic carbocycles. The van der Waals surface area contributed by atoms with Crippen LogP contribution in [-0.4, -0.2) is 11.2 Å². The molecule has 0 heterocycles. The first-order valence-corrected chi connectivity index (χ1v) is 7.78. The highest BCUT2D eigenvalue weighted by atomic mass is 35.5. The Morgan fingerprint density at radius 3 is 2.38 bits per heavy atom. The van der Waals surface area contributed by atoms with Crippen LogP contribution in [-0.2, 0) is 4.79 Å². The first-order chi connectivity index (χ1) is 9.99. The van der Waals surface area contributed by atoms with Crippen LogP contribution in [0.4, 0.5) is 10.1 Å². The number of amides is 1. The van der Waals surface area contributed by atoms with E-state index >= 15 is 0 Å². The van der Waals surface area contributed by atoms with Gasteiger partial charge in [0, 0.05) is 4.90 Å². The van der Waals surface area contributed by atoms with E-state index in [0.29, 0.717) is 14.9 Å². The fourth-order valence-corrected chi connectivity index (χ4v) is 3.17. The molecule has 1 atom stereocenters. The minimum absolute atomic E-state index is 0.153. The van der Waals surface area contributed by atoms with Crippen molar-refractivity contribution in [1.82, 2.24) is 0 Å².